The highest BCUT2D eigenvalue weighted by molar-refractivity contribution is 5.92. The molecule has 146 valence electrons. The highest BCUT2D eigenvalue weighted by Gasteiger charge is 2.30. The maximum absolute atomic E-state index is 13.0. The van der Waals surface area contributed by atoms with Crippen LogP contribution >= 0.6 is 0 Å². The van der Waals surface area contributed by atoms with Crippen LogP contribution in [0.4, 0.5) is 0 Å². The van der Waals surface area contributed by atoms with E-state index in [2.05, 4.69) is 40.1 Å². The molecule has 0 bridgehead atoms. The second-order valence-electron chi connectivity index (χ2n) is 8.26. The fourth-order valence-corrected chi connectivity index (χ4v) is 4.58. The summed E-state index contributed by atoms with van der Waals surface area (Å²) in [6.07, 6.45) is 8.83. The molecule has 0 radical (unpaired) electrons. The fraction of sp³-hybridized carbons (Fsp3) is 0.333. The third-order valence-corrected chi connectivity index (χ3v) is 5.98. The number of hydrogen-bond donors (Lipinski definition) is 0. The lowest BCUT2D eigenvalue weighted by Crippen LogP contribution is -2.43. The van der Waals surface area contributed by atoms with Crippen molar-refractivity contribution in [2.75, 3.05) is 13.1 Å². The van der Waals surface area contributed by atoms with E-state index in [0.29, 0.717) is 18.3 Å². The molecule has 0 N–H and O–H groups in total. The zero-order valence-corrected chi connectivity index (χ0v) is 16.5. The zero-order valence-electron chi connectivity index (χ0n) is 16.5. The van der Waals surface area contributed by atoms with Crippen LogP contribution in [0.5, 0.6) is 0 Å². The SMILES string of the molecule is CC1CC(c2ccc(C3C=N3)c3ncccc23)CN(C(=O)Cc2cccnc2)C1. The van der Waals surface area contributed by atoms with Crippen molar-refractivity contribution in [3.8, 4) is 0 Å². The molecule has 1 fully saturated rings. The molecule has 3 aromatic rings. The third kappa shape index (κ3) is 3.65. The summed E-state index contributed by atoms with van der Waals surface area (Å²) in [5.41, 5.74) is 4.48. The first-order chi connectivity index (χ1) is 14.2. The number of aromatic nitrogens is 2. The largest absolute Gasteiger partial charge is 0.342 e. The van der Waals surface area contributed by atoms with E-state index in [-0.39, 0.29) is 11.9 Å². The van der Waals surface area contributed by atoms with Crippen LogP contribution in [0.2, 0.25) is 0 Å². The van der Waals surface area contributed by atoms with Gasteiger partial charge >= 0.3 is 0 Å². The lowest BCUT2D eigenvalue weighted by molar-refractivity contribution is -0.132. The summed E-state index contributed by atoms with van der Waals surface area (Å²) in [5.74, 6) is 0.960. The van der Waals surface area contributed by atoms with E-state index < -0.39 is 0 Å². The quantitative estimate of drug-likeness (QED) is 0.684. The van der Waals surface area contributed by atoms with Crippen molar-refractivity contribution in [1.82, 2.24) is 14.9 Å². The van der Waals surface area contributed by atoms with Crippen molar-refractivity contribution < 1.29 is 4.79 Å². The van der Waals surface area contributed by atoms with Gasteiger partial charge in [-0.25, -0.2) is 0 Å². The van der Waals surface area contributed by atoms with Crippen molar-refractivity contribution >= 4 is 23.0 Å². The summed E-state index contributed by atoms with van der Waals surface area (Å²) in [5, 5.41) is 1.19. The summed E-state index contributed by atoms with van der Waals surface area (Å²) in [6, 6.07) is 12.6. The Morgan fingerprint density at radius 2 is 1.93 bits per heavy atom. The van der Waals surface area contributed by atoms with Gasteiger partial charge in [-0.15, -0.1) is 0 Å². The molecule has 2 aliphatic heterocycles. The van der Waals surface area contributed by atoms with E-state index in [1.807, 2.05) is 35.5 Å². The number of aliphatic imine (C=N–C) groups is 1. The van der Waals surface area contributed by atoms with Crippen molar-refractivity contribution in [3.63, 3.8) is 0 Å². The first kappa shape index (κ1) is 18.0. The monoisotopic (exact) mass is 384 g/mol. The minimum Gasteiger partial charge on any atom is -0.342 e. The molecule has 5 heteroatoms. The van der Waals surface area contributed by atoms with Crippen LogP contribution in [0.25, 0.3) is 10.9 Å². The molecule has 2 aliphatic rings. The Balaban J connectivity index is 1.42. The molecular weight excluding hydrogens is 360 g/mol. The van der Waals surface area contributed by atoms with Crippen molar-refractivity contribution in [2.45, 2.75) is 31.7 Å². The van der Waals surface area contributed by atoms with Crippen LogP contribution in [0.15, 0.2) is 60.0 Å². The standard InChI is InChI=1S/C24H24N4O/c1-16-10-18(15-28(14-16)23(29)11-17-4-2-8-25-12-17)19-6-7-21(22-13-27-22)24-20(19)5-3-9-26-24/h2-9,12-13,16,18,22H,10-11,14-15H2,1H3. The van der Waals surface area contributed by atoms with E-state index in [0.717, 1.165) is 30.6 Å². The Kier molecular flexibility index (Phi) is 4.58. The number of likely N-dealkylation sites (tertiary alicyclic amines) is 1. The van der Waals surface area contributed by atoms with E-state index >= 15 is 0 Å². The van der Waals surface area contributed by atoms with Gasteiger partial charge < -0.3 is 4.90 Å². The Hall–Kier alpha value is -3.08. The smallest absolute Gasteiger partial charge is 0.227 e. The summed E-state index contributed by atoms with van der Waals surface area (Å²) in [7, 11) is 0. The van der Waals surface area contributed by atoms with Gasteiger partial charge in [-0.2, -0.15) is 0 Å². The first-order valence-electron chi connectivity index (χ1n) is 10.3. The number of fused-ring (bicyclic) bond motifs is 1. The van der Waals surface area contributed by atoms with E-state index in [1.165, 1.54) is 16.5 Å². The average Bonchev–Trinajstić information content (AvgIpc) is 3.58. The van der Waals surface area contributed by atoms with Gasteiger partial charge in [-0.05, 0) is 35.6 Å². The lowest BCUT2D eigenvalue weighted by atomic mass is 9.83. The van der Waals surface area contributed by atoms with Crippen molar-refractivity contribution in [2.24, 2.45) is 10.9 Å². The highest BCUT2D eigenvalue weighted by Crippen LogP contribution is 2.38. The normalized spacial score (nSPS) is 23.3. The van der Waals surface area contributed by atoms with Gasteiger partial charge in [0.15, 0.2) is 0 Å². The molecule has 2 aromatic heterocycles. The van der Waals surface area contributed by atoms with Gasteiger partial charge in [0, 0.05) is 54.8 Å². The van der Waals surface area contributed by atoms with Crippen LogP contribution in [0.3, 0.4) is 0 Å². The molecule has 1 amide bonds. The Labute approximate surface area is 170 Å². The third-order valence-electron chi connectivity index (χ3n) is 5.98. The first-order valence-corrected chi connectivity index (χ1v) is 10.3. The minimum absolute atomic E-state index is 0.181. The van der Waals surface area contributed by atoms with Gasteiger partial charge in [-0.1, -0.05) is 31.2 Å². The molecule has 3 atom stereocenters. The molecule has 0 spiro atoms. The molecule has 5 nitrogen and oxygen atoms in total. The number of pyridine rings is 2. The molecule has 5 rings (SSSR count). The summed E-state index contributed by atoms with van der Waals surface area (Å²) in [4.78, 5) is 28.1. The molecule has 1 saturated heterocycles. The number of hydrogen-bond acceptors (Lipinski definition) is 4. The summed E-state index contributed by atoms with van der Waals surface area (Å²) in [6.45, 7) is 3.82. The van der Waals surface area contributed by atoms with E-state index in [9.17, 15) is 4.79 Å². The number of carbonyl (C=O) groups is 1. The van der Waals surface area contributed by atoms with Gasteiger partial charge in [0.05, 0.1) is 11.9 Å². The highest BCUT2D eigenvalue weighted by atomic mass is 16.2. The average molecular weight is 384 g/mol. The molecular formula is C24H24N4O. The predicted molar refractivity (Wildman–Crippen MR) is 114 cm³/mol. The van der Waals surface area contributed by atoms with Gasteiger partial charge in [0.2, 0.25) is 5.91 Å². The zero-order chi connectivity index (χ0) is 19.8. The van der Waals surface area contributed by atoms with Crippen LogP contribution in [0, 0.1) is 5.92 Å². The Morgan fingerprint density at radius 1 is 1.10 bits per heavy atom. The van der Waals surface area contributed by atoms with Crippen LogP contribution in [-0.2, 0) is 11.2 Å². The molecule has 3 unspecified atom stereocenters. The molecule has 1 aromatic carbocycles. The fourth-order valence-electron chi connectivity index (χ4n) is 4.58. The van der Waals surface area contributed by atoms with Gasteiger partial charge in [0.25, 0.3) is 0 Å². The van der Waals surface area contributed by atoms with Crippen LogP contribution in [0.1, 0.15) is 42.0 Å². The van der Waals surface area contributed by atoms with E-state index in [1.54, 1.807) is 12.4 Å². The van der Waals surface area contributed by atoms with Crippen LogP contribution < -0.4 is 0 Å². The number of nitrogens with zero attached hydrogens (tertiary/aromatic N) is 4. The molecule has 29 heavy (non-hydrogen) atoms. The van der Waals surface area contributed by atoms with Crippen molar-refractivity contribution in [3.05, 3.63) is 71.7 Å². The second-order valence-corrected chi connectivity index (χ2v) is 8.26. The number of piperidine rings is 1. The topological polar surface area (TPSA) is 58.5 Å². The second kappa shape index (κ2) is 7.39. The van der Waals surface area contributed by atoms with Crippen LogP contribution in [-0.4, -0.2) is 40.1 Å². The maximum atomic E-state index is 13.0. The molecule has 0 aliphatic carbocycles. The lowest BCUT2D eigenvalue weighted by Gasteiger charge is -2.37. The number of carbonyl (C=O) groups excluding carboxylic acids is 1. The Morgan fingerprint density at radius 3 is 2.72 bits per heavy atom. The minimum atomic E-state index is 0.181. The summed E-state index contributed by atoms with van der Waals surface area (Å²) < 4.78 is 0. The van der Waals surface area contributed by atoms with Crippen molar-refractivity contribution in [1.29, 1.82) is 0 Å². The molecule has 4 heterocycles. The summed E-state index contributed by atoms with van der Waals surface area (Å²) >= 11 is 0. The maximum Gasteiger partial charge on any atom is 0.227 e. The van der Waals surface area contributed by atoms with E-state index in [4.69, 9.17) is 0 Å². The number of rotatable bonds is 4. The van der Waals surface area contributed by atoms with Gasteiger partial charge in [-0.3, -0.25) is 19.8 Å². The number of benzene rings is 1. The molecule has 0 saturated carbocycles. The number of amides is 1. The Bertz CT molecular complexity index is 1070. The predicted octanol–water partition coefficient (Wildman–Crippen LogP) is 3.95. The van der Waals surface area contributed by atoms with Gasteiger partial charge in [0.1, 0.15) is 6.04 Å².